The molecule has 1 aromatic heterocycles. The second kappa shape index (κ2) is 6.74. The van der Waals surface area contributed by atoms with Gasteiger partial charge >= 0.3 is 12.8 Å². The van der Waals surface area contributed by atoms with E-state index in [9.17, 15) is 22.0 Å². The van der Waals surface area contributed by atoms with E-state index in [0.717, 1.165) is 12.1 Å². The van der Waals surface area contributed by atoms with Crippen LogP contribution in [0, 0.1) is 0 Å². The number of benzene rings is 1. The minimum atomic E-state index is -4.70. The van der Waals surface area contributed by atoms with E-state index < -0.39 is 24.1 Å². The van der Waals surface area contributed by atoms with Crippen LogP contribution in [0.5, 0.6) is 5.75 Å². The van der Waals surface area contributed by atoms with Crippen molar-refractivity contribution in [2.45, 2.75) is 12.8 Å². The standard InChI is InChI=1S/C17H12F5N3O/c18-16(19)26-14-7-9(17(20,21)22)1-2-11(14)15-10-3-5-24-8-12(10)13(23)4-6-25-15/h1-5,7-8,16H,6,23H2. The molecule has 136 valence electrons. The molecule has 3 rings (SSSR count). The molecule has 0 radical (unpaired) electrons. The highest BCUT2D eigenvalue weighted by Gasteiger charge is 2.32. The van der Waals surface area contributed by atoms with E-state index in [1.165, 1.54) is 12.4 Å². The number of halogens is 5. The molecule has 0 saturated carbocycles. The highest BCUT2D eigenvalue weighted by Crippen LogP contribution is 2.35. The van der Waals surface area contributed by atoms with E-state index in [-0.39, 0.29) is 17.8 Å². The van der Waals surface area contributed by atoms with Crippen LogP contribution in [-0.4, -0.2) is 23.9 Å². The topological polar surface area (TPSA) is 60.5 Å². The highest BCUT2D eigenvalue weighted by molar-refractivity contribution is 6.17. The maximum Gasteiger partial charge on any atom is 0.416 e. The zero-order valence-corrected chi connectivity index (χ0v) is 13.1. The van der Waals surface area contributed by atoms with Crippen molar-refractivity contribution in [2.24, 2.45) is 10.7 Å². The van der Waals surface area contributed by atoms with Gasteiger partial charge in [-0.1, -0.05) is 0 Å². The Morgan fingerprint density at radius 2 is 1.85 bits per heavy atom. The number of nitrogens with zero attached hydrogens (tertiary/aromatic N) is 2. The number of nitrogens with two attached hydrogens (primary N) is 1. The summed E-state index contributed by atoms with van der Waals surface area (Å²) in [6.45, 7) is -3.16. The molecular formula is C17H12F5N3O. The van der Waals surface area contributed by atoms with Crippen LogP contribution in [0.1, 0.15) is 22.3 Å². The van der Waals surface area contributed by atoms with Gasteiger partial charge < -0.3 is 10.5 Å². The van der Waals surface area contributed by atoms with Crippen LogP contribution in [-0.2, 0) is 6.18 Å². The summed E-state index contributed by atoms with van der Waals surface area (Å²) in [5.41, 5.74) is 6.40. The number of alkyl halides is 5. The van der Waals surface area contributed by atoms with Crippen LogP contribution in [0.25, 0.3) is 5.70 Å². The number of aliphatic imine (C=N–C) groups is 1. The third kappa shape index (κ3) is 3.51. The number of rotatable bonds is 3. The van der Waals surface area contributed by atoms with Crippen molar-refractivity contribution < 1.29 is 26.7 Å². The molecule has 2 N–H and O–H groups in total. The third-order valence-electron chi connectivity index (χ3n) is 3.73. The Hall–Kier alpha value is -2.97. The van der Waals surface area contributed by atoms with Crippen LogP contribution in [0.3, 0.4) is 0 Å². The number of pyridine rings is 1. The Kier molecular flexibility index (Phi) is 4.62. The Balaban J connectivity index is 2.17. The van der Waals surface area contributed by atoms with Gasteiger partial charge in [0.15, 0.2) is 0 Å². The van der Waals surface area contributed by atoms with Crippen molar-refractivity contribution in [2.75, 3.05) is 6.54 Å². The maximum atomic E-state index is 12.9. The Bertz CT molecular complexity index is 890. The number of ether oxygens (including phenoxy) is 1. The lowest BCUT2D eigenvalue weighted by atomic mass is 9.96. The van der Waals surface area contributed by atoms with Gasteiger partial charge in [0.1, 0.15) is 5.75 Å². The molecule has 0 saturated heterocycles. The van der Waals surface area contributed by atoms with Gasteiger partial charge in [0.05, 0.1) is 17.8 Å². The molecule has 0 unspecified atom stereocenters. The summed E-state index contributed by atoms with van der Waals surface area (Å²) in [4.78, 5) is 8.23. The minimum Gasteiger partial charge on any atom is -0.434 e. The van der Waals surface area contributed by atoms with Crippen molar-refractivity contribution in [1.29, 1.82) is 0 Å². The molecular weight excluding hydrogens is 357 g/mol. The third-order valence-corrected chi connectivity index (χ3v) is 3.73. The van der Waals surface area contributed by atoms with Crippen molar-refractivity contribution in [3.8, 4) is 5.75 Å². The highest BCUT2D eigenvalue weighted by atomic mass is 19.4. The van der Waals surface area contributed by atoms with Gasteiger partial charge in [0.25, 0.3) is 0 Å². The number of hydrogen-bond acceptors (Lipinski definition) is 4. The lowest BCUT2D eigenvalue weighted by Gasteiger charge is -2.16. The van der Waals surface area contributed by atoms with E-state index in [4.69, 9.17) is 5.73 Å². The molecule has 2 aromatic rings. The Labute approximate surface area is 144 Å². The smallest absolute Gasteiger partial charge is 0.416 e. The molecule has 0 fully saturated rings. The van der Waals surface area contributed by atoms with Crippen molar-refractivity contribution in [3.63, 3.8) is 0 Å². The summed E-state index contributed by atoms with van der Waals surface area (Å²) in [6, 6.07) is 3.94. The van der Waals surface area contributed by atoms with Crippen molar-refractivity contribution in [3.05, 3.63) is 65.0 Å². The lowest BCUT2D eigenvalue weighted by molar-refractivity contribution is -0.138. The molecule has 26 heavy (non-hydrogen) atoms. The van der Waals surface area contributed by atoms with E-state index in [1.54, 1.807) is 12.1 Å². The van der Waals surface area contributed by atoms with Gasteiger partial charge in [0.2, 0.25) is 0 Å². The molecule has 0 bridgehead atoms. The summed E-state index contributed by atoms with van der Waals surface area (Å²) in [6.07, 6.45) is -0.173. The molecule has 1 aliphatic heterocycles. The second-order valence-corrected chi connectivity index (χ2v) is 5.36. The van der Waals surface area contributed by atoms with Gasteiger partial charge in [-0.15, -0.1) is 0 Å². The number of aromatic nitrogens is 1. The monoisotopic (exact) mass is 369 g/mol. The van der Waals surface area contributed by atoms with E-state index in [1.807, 2.05) is 0 Å². The number of fused-ring (bicyclic) bond motifs is 1. The Morgan fingerprint density at radius 3 is 2.54 bits per heavy atom. The molecule has 0 atom stereocenters. The first kappa shape index (κ1) is 17.8. The first-order chi connectivity index (χ1) is 12.3. The number of hydrogen-bond donors (Lipinski definition) is 1. The summed E-state index contributed by atoms with van der Waals surface area (Å²) >= 11 is 0. The van der Waals surface area contributed by atoms with Crippen LogP contribution >= 0.6 is 0 Å². The quantitative estimate of drug-likeness (QED) is 0.836. The van der Waals surface area contributed by atoms with Crippen LogP contribution in [0.4, 0.5) is 22.0 Å². The average Bonchev–Trinajstić information content (AvgIpc) is 2.73. The summed E-state index contributed by atoms with van der Waals surface area (Å²) in [5.74, 6) is -0.614. The van der Waals surface area contributed by atoms with Gasteiger partial charge in [-0.3, -0.25) is 9.98 Å². The zero-order valence-electron chi connectivity index (χ0n) is 13.1. The molecule has 0 spiro atoms. The van der Waals surface area contributed by atoms with E-state index in [2.05, 4.69) is 14.7 Å². The first-order valence-electron chi connectivity index (χ1n) is 7.38. The second-order valence-electron chi connectivity index (χ2n) is 5.36. The van der Waals surface area contributed by atoms with E-state index in [0.29, 0.717) is 22.9 Å². The molecule has 9 heteroatoms. The largest absolute Gasteiger partial charge is 0.434 e. The summed E-state index contributed by atoms with van der Waals surface area (Å²) in [5, 5.41) is 0. The summed E-state index contributed by atoms with van der Waals surface area (Å²) < 4.78 is 68.6. The van der Waals surface area contributed by atoms with Gasteiger partial charge in [-0.25, -0.2) is 0 Å². The van der Waals surface area contributed by atoms with E-state index >= 15 is 0 Å². The zero-order chi connectivity index (χ0) is 18.9. The van der Waals surface area contributed by atoms with Crippen LogP contribution < -0.4 is 10.5 Å². The normalized spacial score (nSPS) is 14.4. The lowest BCUT2D eigenvalue weighted by Crippen LogP contribution is -2.14. The molecule has 2 heterocycles. The predicted molar refractivity (Wildman–Crippen MR) is 85.0 cm³/mol. The minimum absolute atomic E-state index is 0.00819. The van der Waals surface area contributed by atoms with Crippen molar-refractivity contribution >= 4 is 11.4 Å². The van der Waals surface area contributed by atoms with Gasteiger partial charge in [-0.05, 0) is 30.3 Å². The SMILES string of the molecule is NC1=CCN=C(c2ccc(C(F)(F)F)cc2OC(F)F)c2ccncc21. The van der Waals surface area contributed by atoms with Gasteiger partial charge in [-0.2, -0.15) is 22.0 Å². The van der Waals surface area contributed by atoms with Crippen LogP contribution in [0.15, 0.2) is 47.7 Å². The average molecular weight is 369 g/mol. The fraction of sp³-hybridized carbons (Fsp3) is 0.176. The fourth-order valence-corrected chi connectivity index (χ4v) is 2.58. The summed E-state index contributed by atoms with van der Waals surface area (Å²) in [7, 11) is 0. The molecule has 1 aromatic carbocycles. The Morgan fingerprint density at radius 1 is 1.08 bits per heavy atom. The molecule has 0 amide bonds. The van der Waals surface area contributed by atoms with Gasteiger partial charge in [0, 0.05) is 34.8 Å². The molecule has 4 nitrogen and oxygen atoms in total. The molecule has 1 aliphatic rings. The maximum absolute atomic E-state index is 12.9. The van der Waals surface area contributed by atoms with Crippen LogP contribution in [0.2, 0.25) is 0 Å². The predicted octanol–water partition coefficient (Wildman–Crippen LogP) is 3.85. The fourth-order valence-electron chi connectivity index (χ4n) is 2.58. The van der Waals surface area contributed by atoms with Crippen molar-refractivity contribution in [1.82, 2.24) is 4.98 Å². The molecule has 0 aliphatic carbocycles. The first-order valence-corrected chi connectivity index (χ1v) is 7.38.